The van der Waals surface area contributed by atoms with Crippen LogP contribution < -0.4 is 5.19 Å². The van der Waals surface area contributed by atoms with E-state index in [0.29, 0.717) is 0 Å². The van der Waals surface area contributed by atoms with Gasteiger partial charge in [0.25, 0.3) is 0 Å². The van der Waals surface area contributed by atoms with Crippen LogP contribution in [0.15, 0.2) is 54.6 Å². The summed E-state index contributed by atoms with van der Waals surface area (Å²) < 4.78 is 0. The Morgan fingerprint density at radius 1 is 0.765 bits per heavy atom. The number of hydrogen-bond acceptors (Lipinski definition) is 0. The molecule has 1 radical (unpaired) electrons. The maximum Gasteiger partial charge on any atom is 0.0799 e. The summed E-state index contributed by atoms with van der Waals surface area (Å²) in [6.45, 7) is 4.67. The molecular formula is C16H17Si. The highest BCUT2D eigenvalue weighted by molar-refractivity contribution is 6.71. The summed E-state index contributed by atoms with van der Waals surface area (Å²) >= 11 is 0. The Kier molecular flexibility index (Phi) is 3.94. The average molecular weight is 237 g/mol. The predicted molar refractivity (Wildman–Crippen MR) is 78.9 cm³/mol. The third-order valence-electron chi connectivity index (χ3n) is 2.75. The van der Waals surface area contributed by atoms with Gasteiger partial charge in [-0.3, -0.25) is 0 Å². The molecule has 0 N–H and O–H groups in total. The van der Waals surface area contributed by atoms with Crippen molar-refractivity contribution in [1.29, 1.82) is 0 Å². The van der Waals surface area contributed by atoms with E-state index in [-0.39, 0.29) is 0 Å². The van der Waals surface area contributed by atoms with Crippen LogP contribution >= 0.6 is 0 Å². The van der Waals surface area contributed by atoms with Crippen molar-refractivity contribution in [2.75, 3.05) is 0 Å². The van der Waals surface area contributed by atoms with E-state index in [9.17, 15) is 0 Å². The smallest absolute Gasteiger partial charge is 0.0671 e. The Hall–Kier alpha value is -1.60. The van der Waals surface area contributed by atoms with Crippen molar-refractivity contribution in [1.82, 2.24) is 0 Å². The van der Waals surface area contributed by atoms with Crippen molar-refractivity contribution in [2.24, 2.45) is 0 Å². The fourth-order valence-electron chi connectivity index (χ4n) is 1.85. The molecule has 0 aliphatic rings. The van der Waals surface area contributed by atoms with Crippen molar-refractivity contribution in [3.05, 3.63) is 65.7 Å². The molecule has 2 aromatic carbocycles. The molecule has 17 heavy (non-hydrogen) atoms. The summed E-state index contributed by atoms with van der Waals surface area (Å²) in [5, 5.41) is 1.50. The first-order valence-corrected chi connectivity index (χ1v) is 8.40. The van der Waals surface area contributed by atoms with Gasteiger partial charge in [-0.15, -0.1) is 0 Å². The zero-order valence-corrected chi connectivity index (χ0v) is 11.4. The minimum atomic E-state index is -0.396. The Labute approximate surface area is 105 Å². The number of hydrogen-bond donors (Lipinski definition) is 0. The number of rotatable bonds is 3. The Balaban J connectivity index is 2.27. The molecule has 0 bridgehead atoms. The molecular weight excluding hydrogens is 220 g/mol. The molecule has 0 saturated carbocycles. The molecule has 0 amide bonds. The van der Waals surface area contributed by atoms with Crippen molar-refractivity contribution in [2.45, 2.75) is 13.1 Å². The third-order valence-corrected chi connectivity index (χ3v) is 4.29. The van der Waals surface area contributed by atoms with Gasteiger partial charge >= 0.3 is 0 Å². The summed E-state index contributed by atoms with van der Waals surface area (Å²) in [6.07, 6.45) is 4.41. The highest BCUT2D eigenvalue weighted by Gasteiger charge is 2.03. The molecule has 0 unspecified atom stereocenters. The van der Waals surface area contributed by atoms with Gasteiger partial charge in [0, 0.05) is 0 Å². The van der Waals surface area contributed by atoms with Crippen LogP contribution in [-0.4, -0.2) is 8.80 Å². The van der Waals surface area contributed by atoms with Crippen LogP contribution in [0.1, 0.15) is 11.1 Å². The van der Waals surface area contributed by atoms with Gasteiger partial charge < -0.3 is 0 Å². The first-order valence-electron chi connectivity index (χ1n) is 5.90. The van der Waals surface area contributed by atoms with Crippen molar-refractivity contribution < 1.29 is 0 Å². The first kappa shape index (κ1) is 11.9. The zero-order chi connectivity index (χ0) is 12.1. The maximum atomic E-state index is 2.33. The van der Waals surface area contributed by atoms with Gasteiger partial charge in [-0.25, -0.2) is 0 Å². The lowest BCUT2D eigenvalue weighted by Crippen LogP contribution is -2.24. The summed E-state index contributed by atoms with van der Waals surface area (Å²) in [5.41, 5.74) is 2.61. The monoisotopic (exact) mass is 237 g/mol. The van der Waals surface area contributed by atoms with Crippen LogP contribution in [-0.2, 0) is 0 Å². The van der Waals surface area contributed by atoms with Crippen LogP contribution in [0.3, 0.4) is 0 Å². The van der Waals surface area contributed by atoms with Crippen molar-refractivity contribution >= 4 is 26.1 Å². The lowest BCUT2D eigenvalue weighted by atomic mass is 10.1. The molecule has 0 heterocycles. The molecule has 85 valence electrons. The molecule has 1 heteroatoms. The Bertz CT molecular complexity index is 498. The standard InChI is InChI=1S/C16H17Si/c1-17(2)16-11-7-6-10-15(16)13-12-14-8-4-3-5-9-14/h3-13H,1-2H3/b13-12+. The van der Waals surface area contributed by atoms with Gasteiger partial charge in [0.05, 0.1) is 8.80 Å². The molecule has 0 atom stereocenters. The van der Waals surface area contributed by atoms with E-state index in [1.165, 1.54) is 16.3 Å². The summed E-state index contributed by atoms with van der Waals surface area (Å²) in [7, 11) is -0.396. The molecule has 0 aromatic heterocycles. The largest absolute Gasteiger partial charge is 0.0799 e. The van der Waals surface area contributed by atoms with Gasteiger partial charge in [0.2, 0.25) is 0 Å². The molecule has 0 spiro atoms. The second-order valence-corrected chi connectivity index (χ2v) is 6.87. The van der Waals surface area contributed by atoms with E-state index in [0.717, 1.165) is 0 Å². The Morgan fingerprint density at radius 3 is 2.12 bits per heavy atom. The molecule has 2 aromatic rings. The molecule has 0 nitrogen and oxygen atoms in total. The normalized spacial score (nSPS) is 11.2. The van der Waals surface area contributed by atoms with Crippen LogP contribution in [0, 0.1) is 0 Å². The lowest BCUT2D eigenvalue weighted by molar-refractivity contribution is 1.66. The van der Waals surface area contributed by atoms with Crippen molar-refractivity contribution in [3.63, 3.8) is 0 Å². The quantitative estimate of drug-likeness (QED) is 0.562. The molecule has 0 aliphatic carbocycles. The van der Waals surface area contributed by atoms with E-state index in [1.54, 1.807) is 0 Å². The topological polar surface area (TPSA) is 0 Å². The van der Waals surface area contributed by atoms with Gasteiger partial charge in [-0.05, 0) is 11.1 Å². The van der Waals surface area contributed by atoms with Crippen molar-refractivity contribution in [3.8, 4) is 0 Å². The average Bonchev–Trinajstić information content (AvgIpc) is 2.38. The fourth-order valence-corrected chi connectivity index (χ4v) is 3.02. The second kappa shape index (κ2) is 5.64. The number of benzene rings is 2. The predicted octanol–water partition coefficient (Wildman–Crippen LogP) is 3.82. The van der Waals surface area contributed by atoms with Crippen LogP contribution in [0.4, 0.5) is 0 Å². The van der Waals surface area contributed by atoms with Crippen LogP contribution in [0.25, 0.3) is 12.2 Å². The van der Waals surface area contributed by atoms with E-state index >= 15 is 0 Å². The highest BCUT2D eigenvalue weighted by atomic mass is 28.3. The zero-order valence-electron chi connectivity index (χ0n) is 10.4. The van der Waals surface area contributed by atoms with Gasteiger partial charge in [0.15, 0.2) is 0 Å². The van der Waals surface area contributed by atoms with Crippen LogP contribution in [0.2, 0.25) is 13.1 Å². The Morgan fingerprint density at radius 2 is 1.41 bits per heavy atom. The van der Waals surface area contributed by atoms with Gasteiger partial charge in [0.1, 0.15) is 0 Å². The molecule has 0 aliphatic heterocycles. The second-order valence-electron chi connectivity index (χ2n) is 4.33. The fraction of sp³-hybridized carbons (Fsp3) is 0.125. The maximum absolute atomic E-state index is 2.33. The minimum Gasteiger partial charge on any atom is -0.0671 e. The third kappa shape index (κ3) is 3.18. The molecule has 0 saturated heterocycles. The minimum absolute atomic E-state index is 0.396. The lowest BCUT2D eigenvalue weighted by Gasteiger charge is -2.07. The van der Waals surface area contributed by atoms with E-state index < -0.39 is 8.80 Å². The van der Waals surface area contributed by atoms with E-state index in [4.69, 9.17) is 0 Å². The summed E-state index contributed by atoms with van der Waals surface area (Å²) in [6, 6.07) is 19.1. The molecule has 0 fully saturated rings. The SMILES string of the molecule is C[Si](C)c1ccccc1/C=C/c1ccccc1. The van der Waals surface area contributed by atoms with E-state index in [2.05, 4.69) is 73.8 Å². The van der Waals surface area contributed by atoms with Crippen LogP contribution in [0.5, 0.6) is 0 Å². The summed E-state index contributed by atoms with van der Waals surface area (Å²) in [4.78, 5) is 0. The van der Waals surface area contributed by atoms with Gasteiger partial charge in [-0.2, -0.15) is 0 Å². The van der Waals surface area contributed by atoms with Gasteiger partial charge in [-0.1, -0.05) is 85.0 Å². The summed E-state index contributed by atoms with van der Waals surface area (Å²) in [5.74, 6) is 0. The first-order chi connectivity index (χ1) is 8.27. The molecule has 2 rings (SSSR count). The highest BCUT2D eigenvalue weighted by Crippen LogP contribution is 2.07. The van der Waals surface area contributed by atoms with E-state index in [1.807, 2.05) is 6.07 Å².